The molecule has 2 aromatic rings. The second-order valence-electron chi connectivity index (χ2n) is 5.48. The van der Waals surface area contributed by atoms with E-state index in [9.17, 15) is 13.6 Å². The number of carbonyl (C=O) groups is 1. The van der Waals surface area contributed by atoms with Gasteiger partial charge in [0.15, 0.2) is 0 Å². The van der Waals surface area contributed by atoms with Gasteiger partial charge in [0.05, 0.1) is 0 Å². The third-order valence-corrected chi connectivity index (χ3v) is 3.44. The van der Waals surface area contributed by atoms with Crippen molar-refractivity contribution in [2.45, 2.75) is 32.9 Å². The van der Waals surface area contributed by atoms with Crippen LogP contribution in [0.15, 0.2) is 48.5 Å². The fraction of sp³-hybridized carbons (Fsp3) is 0.278. The second kappa shape index (κ2) is 7.72. The first-order valence-electron chi connectivity index (χ1n) is 7.37. The van der Waals surface area contributed by atoms with Crippen LogP contribution in [0.2, 0.25) is 0 Å². The predicted molar refractivity (Wildman–Crippen MR) is 84.8 cm³/mol. The summed E-state index contributed by atoms with van der Waals surface area (Å²) in [7, 11) is 0. The number of nitrogens with one attached hydrogen (secondary N) is 1. The second-order valence-corrected chi connectivity index (χ2v) is 5.48. The van der Waals surface area contributed by atoms with Crippen LogP contribution in [0, 0.1) is 0 Å². The van der Waals surface area contributed by atoms with Crippen molar-refractivity contribution in [1.82, 2.24) is 5.32 Å². The predicted octanol–water partition coefficient (Wildman–Crippen LogP) is 4.34. The molecular weight excluding hydrogens is 300 g/mol. The first-order chi connectivity index (χ1) is 11.0. The monoisotopic (exact) mass is 319 g/mol. The quantitative estimate of drug-likeness (QED) is 0.860. The van der Waals surface area contributed by atoms with Crippen molar-refractivity contribution in [3.8, 4) is 5.75 Å². The Labute approximate surface area is 134 Å². The molecule has 2 rings (SSSR count). The zero-order valence-electron chi connectivity index (χ0n) is 13.1. The highest BCUT2D eigenvalue weighted by molar-refractivity contribution is 5.94. The van der Waals surface area contributed by atoms with Crippen molar-refractivity contribution in [2.24, 2.45) is 0 Å². The summed E-state index contributed by atoms with van der Waals surface area (Å²) in [4.78, 5) is 12.1. The van der Waals surface area contributed by atoms with Crippen LogP contribution in [0.5, 0.6) is 5.75 Å². The molecule has 0 atom stereocenters. The first kappa shape index (κ1) is 16.9. The first-order valence-corrected chi connectivity index (χ1v) is 7.37. The summed E-state index contributed by atoms with van der Waals surface area (Å²) >= 11 is 0. The number of hydrogen-bond donors (Lipinski definition) is 1. The summed E-state index contributed by atoms with van der Waals surface area (Å²) in [5.41, 5.74) is 2.57. The van der Waals surface area contributed by atoms with Gasteiger partial charge in [-0.3, -0.25) is 4.79 Å². The average Bonchev–Trinajstić information content (AvgIpc) is 2.53. The van der Waals surface area contributed by atoms with Gasteiger partial charge in [-0.15, -0.1) is 0 Å². The third-order valence-electron chi connectivity index (χ3n) is 3.44. The Kier molecular flexibility index (Phi) is 5.68. The lowest BCUT2D eigenvalue weighted by Gasteiger charge is -2.09. The summed E-state index contributed by atoms with van der Waals surface area (Å²) in [5.74, 6) is 0.341. The summed E-state index contributed by atoms with van der Waals surface area (Å²) in [6.45, 7) is 1.67. The van der Waals surface area contributed by atoms with E-state index in [0.717, 1.165) is 5.56 Å². The van der Waals surface area contributed by atoms with E-state index >= 15 is 0 Å². The lowest BCUT2D eigenvalue weighted by molar-refractivity contribution is -0.0498. The Bertz CT molecular complexity index is 637. The molecule has 0 unspecified atom stereocenters. The number of benzene rings is 2. The normalized spacial score (nSPS) is 10.9. The molecule has 122 valence electrons. The number of amides is 1. The Balaban J connectivity index is 1.91. The number of halogens is 2. The summed E-state index contributed by atoms with van der Waals surface area (Å²) in [6.07, 6.45) is 0. The smallest absolute Gasteiger partial charge is 0.387 e. The van der Waals surface area contributed by atoms with Gasteiger partial charge in [-0.1, -0.05) is 38.1 Å². The molecule has 0 heterocycles. The van der Waals surface area contributed by atoms with Crippen LogP contribution < -0.4 is 10.1 Å². The Morgan fingerprint density at radius 2 is 1.65 bits per heavy atom. The van der Waals surface area contributed by atoms with Gasteiger partial charge in [-0.05, 0) is 41.3 Å². The van der Waals surface area contributed by atoms with Crippen LogP contribution in [-0.4, -0.2) is 12.5 Å². The molecular formula is C18H19F2NO2. The van der Waals surface area contributed by atoms with E-state index in [1.807, 2.05) is 12.1 Å². The molecule has 0 saturated heterocycles. The molecule has 0 fully saturated rings. The molecule has 1 amide bonds. The lowest BCUT2D eigenvalue weighted by atomic mass is 10.0. The van der Waals surface area contributed by atoms with E-state index in [-0.39, 0.29) is 11.7 Å². The van der Waals surface area contributed by atoms with Gasteiger partial charge >= 0.3 is 6.61 Å². The average molecular weight is 319 g/mol. The molecule has 0 aromatic heterocycles. The molecule has 0 aliphatic heterocycles. The minimum atomic E-state index is -2.84. The largest absolute Gasteiger partial charge is 0.435 e. The van der Waals surface area contributed by atoms with Gasteiger partial charge in [0, 0.05) is 12.1 Å². The fourth-order valence-corrected chi connectivity index (χ4v) is 2.09. The van der Waals surface area contributed by atoms with Crippen molar-refractivity contribution in [2.75, 3.05) is 0 Å². The van der Waals surface area contributed by atoms with Gasteiger partial charge in [-0.25, -0.2) is 0 Å². The lowest BCUT2D eigenvalue weighted by Crippen LogP contribution is -2.22. The van der Waals surface area contributed by atoms with Gasteiger partial charge in [0.2, 0.25) is 0 Å². The highest BCUT2D eigenvalue weighted by Crippen LogP contribution is 2.16. The van der Waals surface area contributed by atoms with Crippen molar-refractivity contribution >= 4 is 5.91 Å². The van der Waals surface area contributed by atoms with Crippen LogP contribution in [0.1, 0.15) is 41.3 Å². The van der Waals surface area contributed by atoms with E-state index in [4.69, 9.17) is 0 Å². The van der Waals surface area contributed by atoms with Crippen molar-refractivity contribution in [3.05, 3.63) is 65.2 Å². The Hall–Kier alpha value is -2.43. The number of carbonyl (C=O) groups excluding carboxylic acids is 1. The fourth-order valence-electron chi connectivity index (χ4n) is 2.09. The number of ether oxygens (including phenoxy) is 1. The molecule has 0 aliphatic rings. The van der Waals surface area contributed by atoms with E-state index in [2.05, 4.69) is 23.9 Å². The molecule has 2 aromatic carbocycles. The van der Waals surface area contributed by atoms with Gasteiger partial charge in [-0.2, -0.15) is 8.78 Å². The zero-order chi connectivity index (χ0) is 16.8. The molecule has 0 spiro atoms. The van der Waals surface area contributed by atoms with Crippen molar-refractivity contribution < 1.29 is 18.3 Å². The maximum absolute atomic E-state index is 12.1. The third kappa shape index (κ3) is 5.06. The van der Waals surface area contributed by atoms with E-state index < -0.39 is 6.61 Å². The molecule has 5 heteroatoms. The zero-order valence-corrected chi connectivity index (χ0v) is 13.1. The molecule has 23 heavy (non-hydrogen) atoms. The van der Waals surface area contributed by atoms with Crippen LogP contribution in [-0.2, 0) is 6.54 Å². The topological polar surface area (TPSA) is 38.3 Å². The van der Waals surface area contributed by atoms with Crippen LogP contribution >= 0.6 is 0 Å². The maximum atomic E-state index is 12.1. The van der Waals surface area contributed by atoms with Crippen LogP contribution in [0.4, 0.5) is 8.78 Å². The highest BCUT2D eigenvalue weighted by Gasteiger charge is 2.07. The Morgan fingerprint density at radius 3 is 2.17 bits per heavy atom. The minimum Gasteiger partial charge on any atom is -0.435 e. The maximum Gasteiger partial charge on any atom is 0.387 e. The number of alkyl halides is 2. The molecule has 3 nitrogen and oxygen atoms in total. The van der Waals surface area contributed by atoms with Gasteiger partial charge < -0.3 is 10.1 Å². The van der Waals surface area contributed by atoms with E-state index in [0.29, 0.717) is 18.0 Å². The summed E-state index contributed by atoms with van der Waals surface area (Å²) in [6, 6.07) is 13.6. The van der Waals surface area contributed by atoms with Crippen molar-refractivity contribution in [3.63, 3.8) is 0 Å². The van der Waals surface area contributed by atoms with Crippen LogP contribution in [0.3, 0.4) is 0 Å². The number of rotatable bonds is 6. The Morgan fingerprint density at radius 1 is 1.04 bits per heavy atom. The standard InChI is InChI=1S/C18H19F2NO2/c1-12(2)14-5-7-15(8-6-14)17(22)21-11-13-3-9-16(10-4-13)23-18(19)20/h3-10,12,18H,11H2,1-2H3,(H,21,22). The van der Waals surface area contributed by atoms with Crippen LogP contribution in [0.25, 0.3) is 0 Å². The van der Waals surface area contributed by atoms with Crippen molar-refractivity contribution in [1.29, 1.82) is 0 Å². The van der Waals surface area contributed by atoms with Gasteiger partial charge in [0.25, 0.3) is 5.91 Å². The molecule has 0 aliphatic carbocycles. The minimum absolute atomic E-state index is 0.0966. The molecule has 0 radical (unpaired) electrons. The molecule has 0 saturated carbocycles. The molecule has 0 bridgehead atoms. The van der Waals surface area contributed by atoms with Gasteiger partial charge in [0.1, 0.15) is 5.75 Å². The summed E-state index contributed by atoms with van der Waals surface area (Å²) in [5, 5.41) is 2.80. The molecule has 1 N–H and O–H groups in total. The van der Waals surface area contributed by atoms with E-state index in [1.165, 1.54) is 17.7 Å². The number of hydrogen-bond acceptors (Lipinski definition) is 2. The highest BCUT2D eigenvalue weighted by atomic mass is 19.3. The SMILES string of the molecule is CC(C)c1ccc(C(=O)NCc2ccc(OC(F)F)cc2)cc1. The van der Waals surface area contributed by atoms with E-state index in [1.54, 1.807) is 24.3 Å². The summed E-state index contributed by atoms with van der Waals surface area (Å²) < 4.78 is 28.4.